The van der Waals surface area contributed by atoms with E-state index < -0.39 is 35.5 Å². The van der Waals surface area contributed by atoms with E-state index in [-0.39, 0.29) is 29.2 Å². The largest absolute Gasteiger partial charge is 0.473 e. The van der Waals surface area contributed by atoms with Crippen molar-refractivity contribution in [2.75, 3.05) is 6.61 Å². The van der Waals surface area contributed by atoms with E-state index in [1.807, 2.05) is 6.92 Å². The van der Waals surface area contributed by atoms with E-state index >= 15 is 0 Å². The van der Waals surface area contributed by atoms with Crippen molar-refractivity contribution >= 4 is 23.7 Å². The molecule has 0 spiro atoms. The fourth-order valence-electron chi connectivity index (χ4n) is 8.34. The average molecular weight is 465 g/mol. The van der Waals surface area contributed by atoms with E-state index in [1.165, 1.54) is 6.92 Å². The smallest absolute Gasteiger partial charge is 0.417 e. The van der Waals surface area contributed by atoms with Crippen LogP contribution in [0, 0.1) is 34.5 Å². The van der Waals surface area contributed by atoms with Gasteiger partial charge < -0.3 is 19.7 Å². The Morgan fingerprint density at radius 1 is 0.939 bits per heavy atom. The maximum absolute atomic E-state index is 12.9. The summed E-state index contributed by atoms with van der Waals surface area (Å²) in [6.07, 6.45) is 7.23. The first-order chi connectivity index (χ1) is 15.4. The van der Waals surface area contributed by atoms with Crippen LogP contribution in [0.2, 0.25) is 0 Å². The van der Waals surface area contributed by atoms with Gasteiger partial charge in [0.05, 0.1) is 5.60 Å². The van der Waals surface area contributed by atoms with Crippen LogP contribution in [0.4, 0.5) is 0 Å². The van der Waals surface area contributed by atoms with Gasteiger partial charge in [-0.3, -0.25) is 9.59 Å². The normalized spacial score (nSPS) is 44.1. The molecule has 2 unspecified atom stereocenters. The fourth-order valence-corrected chi connectivity index (χ4v) is 8.34. The zero-order valence-electron chi connectivity index (χ0n) is 19.8. The molecule has 4 aliphatic carbocycles. The molecule has 8 heteroatoms. The van der Waals surface area contributed by atoms with Crippen molar-refractivity contribution in [3.63, 3.8) is 0 Å². The number of ketones is 1. The van der Waals surface area contributed by atoms with Crippen LogP contribution in [0.15, 0.2) is 0 Å². The summed E-state index contributed by atoms with van der Waals surface area (Å²) in [6.45, 7) is 5.23. The van der Waals surface area contributed by atoms with Crippen molar-refractivity contribution in [2.24, 2.45) is 34.5 Å². The summed E-state index contributed by atoms with van der Waals surface area (Å²) < 4.78 is 10.2. The first-order valence-electron chi connectivity index (χ1n) is 12.2. The predicted molar refractivity (Wildman–Crippen MR) is 116 cm³/mol. The summed E-state index contributed by atoms with van der Waals surface area (Å²) >= 11 is 0. The van der Waals surface area contributed by atoms with Crippen molar-refractivity contribution in [2.45, 2.75) is 90.3 Å². The highest BCUT2D eigenvalue weighted by Crippen LogP contribution is 2.69. The minimum absolute atomic E-state index is 0.0175. The molecule has 4 rings (SSSR count). The first kappa shape index (κ1) is 24.2. The number of Topliss-reactive ketones (excluding diaryl/α,β-unsaturated/α-hetero) is 1. The molecular formula is C25H36O8. The minimum Gasteiger partial charge on any atom is -0.473 e. The third-order valence-corrected chi connectivity index (χ3v) is 10.0. The summed E-state index contributed by atoms with van der Waals surface area (Å²) in [5, 5.41) is 20.8. The molecule has 0 heterocycles. The van der Waals surface area contributed by atoms with E-state index in [0.29, 0.717) is 31.1 Å². The Hall–Kier alpha value is -1.96. The highest BCUT2D eigenvalue weighted by atomic mass is 16.6. The number of aliphatic hydroxyl groups is 1. The number of carboxylic acid groups (broad SMARTS) is 1. The van der Waals surface area contributed by atoms with Crippen LogP contribution in [0.1, 0.15) is 78.6 Å². The van der Waals surface area contributed by atoms with Gasteiger partial charge in [-0.2, -0.15) is 0 Å². The van der Waals surface area contributed by atoms with Crippen molar-refractivity contribution < 1.29 is 38.9 Å². The van der Waals surface area contributed by atoms with Gasteiger partial charge in [0.2, 0.25) is 0 Å². The van der Waals surface area contributed by atoms with Crippen LogP contribution >= 0.6 is 0 Å². The molecular weight excluding hydrogens is 428 g/mol. The van der Waals surface area contributed by atoms with E-state index in [2.05, 4.69) is 11.7 Å². The topological polar surface area (TPSA) is 127 Å². The third-order valence-electron chi connectivity index (χ3n) is 10.0. The Kier molecular flexibility index (Phi) is 6.13. The number of carbonyl (C=O) groups is 4. The van der Waals surface area contributed by atoms with Crippen LogP contribution in [0.25, 0.3) is 0 Å². The molecule has 8 atom stereocenters. The summed E-state index contributed by atoms with van der Waals surface area (Å²) in [5.41, 5.74) is -1.50. The maximum Gasteiger partial charge on any atom is 0.417 e. The molecule has 184 valence electrons. The van der Waals surface area contributed by atoms with Crippen LogP contribution in [0.5, 0.6) is 0 Å². The Morgan fingerprint density at radius 2 is 1.67 bits per heavy atom. The van der Waals surface area contributed by atoms with E-state index in [1.54, 1.807) is 0 Å². The van der Waals surface area contributed by atoms with Gasteiger partial charge in [0.15, 0.2) is 12.4 Å². The van der Waals surface area contributed by atoms with Crippen molar-refractivity contribution in [3.05, 3.63) is 0 Å². The van der Waals surface area contributed by atoms with E-state index in [9.17, 15) is 24.3 Å². The predicted octanol–water partition coefficient (Wildman–Crippen LogP) is 2.89. The van der Waals surface area contributed by atoms with E-state index in [4.69, 9.17) is 9.84 Å². The molecule has 0 saturated heterocycles. The molecule has 4 fully saturated rings. The summed E-state index contributed by atoms with van der Waals surface area (Å²) in [7, 11) is 0. The van der Waals surface area contributed by atoms with Crippen molar-refractivity contribution in [1.29, 1.82) is 0 Å². The van der Waals surface area contributed by atoms with E-state index in [0.717, 1.165) is 38.5 Å². The van der Waals surface area contributed by atoms with Gasteiger partial charge in [0.1, 0.15) is 6.10 Å². The number of hydrogen-bond donors (Lipinski definition) is 2. The van der Waals surface area contributed by atoms with Crippen LogP contribution in [-0.4, -0.2) is 52.2 Å². The molecule has 0 aromatic heterocycles. The Labute approximate surface area is 194 Å². The minimum atomic E-state index is -1.72. The van der Waals surface area contributed by atoms with Gasteiger partial charge in [-0.05, 0) is 81.0 Å². The summed E-state index contributed by atoms with van der Waals surface area (Å²) in [4.78, 5) is 46.3. The van der Waals surface area contributed by atoms with Crippen LogP contribution in [0.3, 0.4) is 0 Å². The first-order valence-corrected chi connectivity index (χ1v) is 12.2. The molecule has 0 bridgehead atoms. The van der Waals surface area contributed by atoms with Gasteiger partial charge in [-0.1, -0.05) is 13.8 Å². The maximum atomic E-state index is 12.9. The fraction of sp³-hybridized carbons (Fsp3) is 0.840. The van der Waals surface area contributed by atoms with Crippen LogP contribution < -0.4 is 0 Å². The third kappa shape index (κ3) is 3.78. The molecule has 8 nitrogen and oxygen atoms in total. The summed E-state index contributed by atoms with van der Waals surface area (Å²) in [5.74, 6) is -3.21. The zero-order chi connectivity index (χ0) is 24.2. The number of carboxylic acids is 1. The van der Waals surface area contributed by atoms with Gasteiger partial charge in [0.25, 0.3) is 0 Å². The Bertz CT molecular complexity index is 853. The van der Waals surface area contributed by atoms with Gasteiger partial charge >= 0.3 is 17.9 Å². The standard InChI is InChI=1S/C25H36O8/c1-14(26)33-16-6-9-23(2)15(12-16)4-5-18-17(23)7-10-24(3)19(8-11-25(18,24)31)20(27)13-32-22(30)21(28)29/h15-19,31H,4-13H2,1-3H3,(H,28,29)/t15-,16+,17?,18?,19-,23+,24-,25+/m1/s1. The number of rotatable bonds is 4. The van der Waals surface area contributed by atoms with Gasteiger partial charge in [0, 0.05) is 18.3 Å². The highest BCUT2D eigenvalue weighted by Gasteiger charge is 2.68. The molecule has 4 aliphatic rings. The van der Waals surface area contributed by atoms with Crippen molar-refractivity contribution in [1.82, 2.24) is 0 Å². The molecule has 2 N–H and O–H groups in total. The SMILES string of the molecule is CC(=O)O[C@H]1CC[C@]2(C)C3CC[C@]4(C)[C@@H](C(=O)COC(=O)C(=O)O)CC[C@]4(O)C3CC[C@@H]2C1. The number of aliphatic carboxylic acids is 1. The molecule has 0 radical (unpaired) electrons. The second kappa shape index (κ2) is 8.36. The van der Waals surface area contributed by atoms with Crippen molar-refractivity contribution in [3.8, 4) is 0 Å². The van der Waals surface area contributed by atoms with Gasteiger partial charge in [-0.15, -0.1) is 0 Å². The lowest BCUT2D eigenvalue weighted by Crippen LogP contribution is -2.62. The number of hydrogen-bond acceptors (Lipinski definition) is 7. The monoisotopic (exact) mass is 464 g/mol. The lowest BCUT2D eigenvalue weighted by atomic mass is 9.43. The number of esters is 2. The Balaban J connectivity index is 1.50. The molecule has 0 aromatic rings. The number of carbonyl (C=O) groups excluding carboxylic acids is 3. The second-order valence-corrected chi connectivity index (χ2v) is 11.3. The Morgan fingerprint density at radius 3 is 2.33 bits per heavy atom. The lowest BCUT2D eigenvalue weighted by molar-refractivity contribution is -0.212. The molecule has 0 aliphatic heterocycles. The second-order valence-electron chi connectivity index (χ2n) is 11.3. The quantitative estimate of drug-likeness (QED) is 0.480. The summed E-state index contributed by atoms with van der Waals surface area (Å²) in [6, 6.07) is 0. The lowest BCUT2D eigenvalue weighted by Gasteiger charge is -2.63. The number of ether oxygens (including phenoxy) is 2. The molecule has 4 saturated carbocycles. The van der Waals surface area contributed by atoms with Gasteiger partial charge in [-0.25, -0.2) is 9.59 Å². The molecule has 0 aromatic carbocycles. The van der Waals surface area contributed by atoms with Crippen LogP contribution in [-0.2, 0) is 28.7 Å². The number of fused-ring (bicyclic) bond motifs is 5. The highest BCUT2D eigenvalue weighted by molar-refractivity contribution is 6.28. The molecule has 0 amide bonds. The molecule has 33 heavy (non-hydrogen) atoms. The average Bonchev–Trinajstić information content (AvgIpc) is 3.03. The zero-order valence-corrected chi connectivity index (χ0v) is 19.8.